The van der Waals surface area contributed by atoms with E-state index in [-0.39, 0.29) is 23.4 Å². The third-order valence-electron chi connectivity index (χ3n) is 5.55. The maximum atomic E-state index is 13.7. The van der Waals surface area contributed by atoms with Crippen molar-refractivity contribution in [3.8, 4) is 11.8 Å². The molecule has 3 N–H and O–H groups in total. The Morgan fingerprint density at radius 1 is 1.17 bits per heavy atom. The van der Waals surface area contributed by atoms with E-state index < -0.39 is 17.6 Å². The second-order valence-corrected chi connectivity index (χ2v) is 8.23. The topological polar surface area (TPSA) is 97.8 Å². The monoisotopic (exact) mass is 492 g/mol. The fourth-order valence-electron chi connectivity index (χ4n) is 3.84. The van der Waals surface area contributed by atoms with Gasteiger partial charge in [-0.15, -0.1) is 0 Å². The lowest BCUT2D eigenvalue weighted by Crippen LogP contribution is -2.21. The Morgan fingerprint density at radius 2 is 1.97 bits per heavy atom. The van der Waals surface area contributed by atoms with Crippen molar-refractivity contribution < 1.29 is 18.0 Å². The number of carbonyl (C=O) groups is 1. The number of halogens is 3. The highest BCUT2D eigenvalue weighted by atomic mass is 19.4. The van der Waals surface area contributed by atoms with Gasteiger partial charge in [-0.1, -0.05) is 12.0 Å². The van der Waals surface area contributed by atoms with Gasteiger partial charge in [-0.25, -0.2) is 4.98 Å². The zero-order valence-corrected chi connectivity index (χ0v) is 19.2. The zero-order valence-electron chi connectivity index (χ0n) is 19.2. The van der Waals surface area contributed by atoms with Gasteiger partial charge >= 0.3 is 6.18 Å². The molecule has 1 fully saturated rings. The van der Waals surface area contributed by atoms with E-state index in [2.05, 4.69) is 32.1 Å². The van der Waals surface area contributed by atoms with E-state index >= 15 is 0 Å². The number of nitrogens with one attached hydrogen (secondary N) is 3. The van der Waals surface area contributed by atoms with Crippen molar-refractivity contribution >= 4 is 23.9 Å². The van der Waals surface area contributed by atoms with Gasteiger partial charge in [0.1, 0.15) is 11.5 Å². The Bertz CT molecular complexity index is 1340. The molecule has 0 atom stereocenters. The van der Waals surface area contributed by atoms with Gasteiger partial charge in [0.2, 0.25) is 0 Å². The van der Waals surface area contributed by atoms with Crippen molar-refractivity contribution in [2.45, 2.75) is 25.6 Å². The molecule has 3 heterocycles. The largest absolute Gasteiger partial charge is 0.416 e. The summed E-state index contributed by atoms with van der Waals surface area (Å²) in [6, 6.07) is 5.39. The third kappa shape index (κ3) is 6.46. The lowest BCUT2D eigenvalue weighted by atomic mass is 10.0. The SMILES string of the molecule is N=C/C=C\c1ncc(C#Cc2cncc(C(=O)Nc3ccc(CN4CCCC4)c(C(F)(F)F)c3)c2)[nH]1. The third-order valence-corrected chi connectivity index (χ3v) is 5.55. The molecule has 4 rings (SSSR count). The van der Waals surface area contributed by atoms with Gasteiger partial charge in [-0.3, -0.25) is 14.7 Å². The lowest BCUT2D eigenvalue weighted by molar-refractivity contribution is -0.138. The number of rotatable bonds is 6. The number of allylic oxidation sites excluding steroid dienone is 1. The summed E-state index contributed by atoms with van der Waals surface area (Å²) in [6.45, 7) is 1.79. The summed E-state index contributed by atoms with van der Waals surface area (Å²) >= 11 is 0. The summed E-state index contributed by atoms with van der Waals surface area (Å²) in [6.07, 6.45) is 6.03. The maximum Gasteiger partial charge on any atom is 0.416 e. The summed E-state index contributed by atoms with van der Waals surface area (Å²) in [5.41, 5.74) is 0.637. The van der Waals surface area contributed by atoms with Crippen molar-refractivity contribution in [3.05, 3.63) is 82.7 Å². The number of alkyl halides is 3. The Morgan fingerprint density at radius 3 is 2.72 bits per heavy atom. The van der Waals surface area contributed by atoms with E-state index in [1.54, 1.807) is 6.08 Å². The fourth-order valence-corrected chi connectivity index (χ4v) is 3.84. The van der Waals surface area contributed by atoms with Crippen molar-refractivity contribution in [2.75, 3.05) is 18.4 Å². The summed E-state index contributed by atoms with van der Waals surface area (Å²) in [5.74, 6) is 5.70. The number of likely N-dealkylation sites (tertiary alicyclic amines) is 1. The number of benzene rings is 1. The number of pyridine rings is 1. The summed E-state index contributed by atoms with van der Waals surface area (Å²) in [7, 11) is 0. The first-order chi connectivity index (χ1) is 17.3. The molecule has 0 aliphatic carbocycles. The summed E-state index contributed by atoms with van der Waals surface area (Å²) < 4.78 is 41.2. The number of imidazole rings is 1. The molecular formula is C26H23F3N6O. The molecule has 10 heteroatoms. The van der Waals surface area contributed by atoms with Gasteiger partial charge in [0.25, 0.3) is 5.91 Å². The lowest BCUT2D eigenvalue weighted by Gasteiger charge is -2.20. The molecule has 0 spiro atoms. The van der Waals surface area contributed by atoms with Crippen LogP contribution in [0.4, 0.5) is 18.9 Å². The summed E-state index contributed by atoms with van der Waals surface area (Å²) in [4.78, 5) is 25.8. The predicted molar refractivity (Wildman–Crippen MR) is 131 cm³/mol. The van der Waals surface area contributed by atoms with Crippen LogP contribution in [0.5, 0.6) is 0 Å². The predicted octanol–water partition coefficient (Wildman–Crippen LogP) is 4.73. The van der Waals surface area contributed by atoms with Gasteiger partial charge in [-0.05, 0) is 67.8 Å². The van der Waals surface area contributed by atoms with E-state index in [0.717, 1.165) is 38.2 Å². The molecule has 0 unspecified atom stereocenters. The Hall–Kier alpha value is -4.23. The summed E-state index contributed by atoms with van der Waals surface area (Å²) in [5, 5.41) is 9.53. The Kier molecular flexibility index (Phi) is 7.61. The van der Waals surface area contributed by atoms with Crippen LogP contribution in [0.25, 0.3) is 6.08 Å². The van der Waals surface area contributed by atoms with Crippen molar-refractivity contribution in [2.24, 2.45) is 0 Å². The van der Waals surface area contributed by atoms with Crippen molar-refractivity contribution in [1.29, 1.82) is 5.41 Å². The molecule has 1 aliphatic rings. The van der Waals surface area contributed by atoms with E-state index in [9.17, 15) is 18.0 Å². The Balaban J connectivity index is 1.49. The van der Waals surface area contributed by atoms with Gasteiger partial charge in [-0.2, -0.15) is 13.2 Å². The van der Waals surface area contributed by atoms with E-state index in [0.29, 0.717) is 17.1 Å². The van der Waals surface area contributed by atoms with Crippen LogP contribution >= 0.6 is 0 Å². The number of H-pyrrole nitrogens is 1. The van der Waals surface area contributed by atoms with Crippen LogP contribution in [-0.4, -0.2) is 45.1 Å². The quantitative estimate of drug-likeness (QED) is 0.342. The minimum Gasteiger partial charge on any atom is -0.332 e. The van der Waals surface area contributed by atoms with Crippen LogP contribution in [0.1, 0.15) is 51.4 Å². The smallest absolute Gasteiger partial charge is 0.332 e. The first-order valence-electron chi connectivity index (χ1n) is 11.2. The molecule has 0 radical (unpaired) electrons. The van der Waals surface area contributed by atoms with Crippen LogP contribution in [-0.2, 0) is 12.7 Å². The molecular weight excluding hydrogens is 469 g/mol. The first-order valence-corrected chi connectivity index (χ1v) is 11.2. The minimum absolute atomic E-state index is 0.0527. The van der Waals surface area contributed by atoms with Crippen LogP contribution in [0.15, 0.2) is 48.9 Å². The molecule has 1 saturated heterocycles. The molecule has 7 nitrogen and oxygen atoms in total. The first kappa shape index (κ1) is 24.9. The number of hydrogen-bond acceptors (Lipinski definition) is 5. The molecule has 1 aromatic carbocycles. The number of anilines is 1. The van der Waals surface area contributed by atoms with E-state index in [1.807, 2.05) is 4.90 Å². The normalized spacial score (nSPS) is 14.0. The molecule has 1 aliphatic heterocycles. The molecule has 184 valence electrons. The molecule has 2 aromatic heterocycles. The molecule has 36 heavy (non-hydrogen) atoms. The maximum absolute atomic E-state index is 13.7. The highest BCUT2D eigenvalue weighted by Crippen LogP contribution is 2.35. The molecule has 0 bridgehead atoms. The average Bonchev–Trinajstić information content (AvgIpc) is 3.54. The second kappa shape index (κ2) is 11.0. The van der Waals surface area contributed by atoms with Crippen molar-refractivity contribution in [1.82, 2.24) is 19.9 Å². The van der Waals surface area contributed by atoms with Crippen LogP contribution in [0.3, 0.4) is 0 Å². The van der Waals surface area contributed by atoms with Crippen LogP contribution < -0.4 is 5.32 Å². The molecule has 3 aromatic rings. The number of carbonyl (C=O) groups excluding carboxylic acids is 1. The minimum atomic E-state index is -4.53. The zero-order chi connectivity index (χ0) is 25.5. The van der Waals surface area contributed by atoms with Crippen molar-refractivity contribution in [3.63, 3.8) is 0 Å². The highest BCUT2D eigenvalue weighted by Gasteiger charge is 2.34. The standard InChI is InChI=1S/C26H23F3N6O/c27-26(28,29)23-13-21(8-6-19(23)17-35-10-1-2-11-35)34-25(36)20-12-18(14-31-15-20)5-7-22-16-32-24(33-22)4-3-9-30/h3-4,6,8-9,12-16,30H,1-2,10-11,17H2,(H,32,33)(H,34,36)/b4-3-,30-9?. The van der Waals surface area contributed by atoms with E-state index in [1.165, 1.54) is 42.9 Å². The van der Waals surface area contributed by atoms with Crippen LogP contribution in [0, 0.1) is 17.3 Å². The number of hydrogen-bond donors (Lipinski definition) is 3. The van der Waals surface area contributed by atoms with Gasteiger partial charge in [0.05, 0.1) is 17.3 Å². The Labute approximate surface area is 206 Å². The fraction of sp³-hybridized carbons (Fsp3) is 0.231. The molecule has 1 amide bonds. The molecule has 0 saturated carbocycles. The average molecular weight is 493 g/mol. The van der Waals surface area contributed by atoms with E-state index in [4.69, 9.17) is 5.41 Å². The number of nitrogens with zero attached hydrogens (tertiary/aromatic N) is 3. The number of amides is 1. The van der Waals surface area contributed by atoms with Gasteiger partial charge < -0.3 is 15.7 Å². The second-order valence-electron chi connectivity index (χ2n) is 8.23. The highest BCUT2D eigenvalue weighted by molar-refractivity contribution is 6.04. The number of aromatic nitrogens is 3. The van der Waals surface area contributed by atoms with Gasteiger partial charge in [0, 0.05) is 36.4 Å². The van der Waals surface area contributed by atoms with Gasteiger partial charge in [0.15, 0.2) is 0 Å². The van der Waals surface area contributed by atoms with Crippen LogP contribution in [0.2, 0.25) is 0 Å². The number of aromatic amines is 1.